The summed E-state index contributed by atoms with van der Waals surface area (Å²) in [4.78, 5) is 0. The van der Waals surface area contributed by atoms with Gasteiger partial charge in [-0.05, 0) is 44.4 Å². The van der Waals surface area contributed by atoms with Crippen LogP contribution in [0, 0.1) is 0 Å². The molecule has 0 rings (SSSR count). The molecular formula is C22H45OP. The Bertz CT molecular complexity index is 314. The molecule has 0 aliphatic rings. The monoisotopic (exact) mass is 356 g/mol. The minimum absolute atomic E-state index is 0.897. The Morgan fingerprint density at radius 1 is 0.583 bits per heavy atom. The van der Waals surface area contributed by atoms with Crippen molar-refractivity contribution in [2.75, 3.05) is 18.5 Å². The zero-order chi connectivity index (χ0) is 17.9. The number of allylic oxidation sites excluding steroid dienone is 2. The molecule has 0 fully saturated rings. The third-order valence-electron chi connectivity index (χ3n) is 5.23. The second-order valence-corrected chi connectivity index (χ2v) is 11.2. The molecule has 0 N–H and O–H groups in total. The highest BCUT2D eigenvalue weighted by Gasteiger charge is 2.15. The van der Waals surface area contributed by atoms with E-state index in [1.54, 1.807) is 0 Å². The molecule has 0 aromatic carbocycles. The van der Waals surface area contributed by atoms with Crippen LogP contribution in [0.3, 0.4) is 0 Å². The van der Waals surface area contributed by atoms with Crippen molar-refractivity contribution in [3.8, 4) is 0 Å². The molecule has 0 spiro atoms. The van der Waals surface area contributed by atoms with E-state index in [2.05, 4.69) is 32.9 Å². The number of hydrogen-bond donors (Lipinski definition) is 0. The van der Waals surface area contributed by atoms with E-state index in [0.717, 1.165) is 18.5 Å². The lowest BCUT2D eigenvalue weighted by Gasteiger charge is -2.13. The molecule has 0 unspecified atom stereocenters. The summed E-state index contributed by atoms with van der Waals surface area (Å²) in [6, 6.07) is 0. The van der Waals surface area contributed by atoms with Gasteiger partial charge in [0, 0.05) is 6.16 Å². The van der Waals surface area contributed by atoms with Gasteiger partial charge in [0.05, 0.1) is 7.14 Å². The van der Waals surface area contributed by atoms with Crippen LogP contribution in [-0.4, -0.2) is 18.5 Å². The van der Waals surface area contributed by atoms with Crippen molar-refractivity contribution in [1.29, 1.82) is 0 Å². The Hall–Kier alpha value is -0.0300. The van der Waals surface area contributed by atoms with Crippen molar-refractivity contribution in [2.45, 2.75) is 111 Å². The molecule has 0 atom stereocenters. The van der Waals surface area contributed by atoms with Crippen LogP contribution in [0.5, 0.6) is 0 Å². The molecule has 0 saturated carbocycles. The van der Waals surface area contributed by atoms with Crippen LogP contribution in [0.4, 0.5) is 0 Å². The maximum absolute atomic E-state index is 12.3. The maximum Gasteiger partial charge on any atom is 0.0872 e. The van der Waals surface area contributed by atoms with Crippen LogP contribution in [0.1, 0.15) is 111 Å². The lowest BCUT2D eigenvalue weighted by atomic mass is 10.1. The minimum Gasteiger partial charge on any atom is -0.324 e. The van der Waals surface area contributed by atoms with Crippen LogP contribution >= 0.6 is 7.14 Å². The summed E-state index contributed by atoms with van der Waals surface area (Å²) in [6.45, 7) is 6.45. The van der Waals surface area contributed by atoms with Crippen LogP contribution in [0.2, 0.25) is 0 Å². The van der Waals surface area contributed by atoms with E-state index >= 15 is 0 Å². The van der Waals surface area contributed by atoms with Gasteiger partial charge >= 0.3 is 0 Å². The molecule has 0 aromatic rings. The van der Waals surface area contributed by atoms with E-state index in [9.17, 15) is 4.57 Å². The predicted octanol–water partition coefficient (Wildman–Crippen LogP) is 8.43. The summed E-state index contributed by atoms with van der Waals surface area (Å²) in [7, 11) is -1.78. The van der Waals surface area contributed by atoms with Gasteiger partial charge in [-0.3, -0.25) is 0 Å². The number of rotatable bonds is 18. The first kappa shape index (κ1) is 24.0. The maximum atomic E-state index is 12.3. The quantitative estimate of drug-likeness (QED) is 0.137. The van der Waals surface area contributed by atoms with Crippen molar-refractivity contribution >= 4 is 7.14 Å². The van der Waals surface area contributed by atoms with Crippen LogP contribution in [0.25, 0.3) is 0 Å². The Kier molecular flexibility index (Phi) is 17.8. The van der Waals surface area contributed by atoms with Gasteiger partial charge < -0.3 is 4.57 Å². The fourth-order valence-electron chi connectivity index (χ4n) is 3.19. The molecule has 144 valence electrons. The van der Waals surface area contributed by atoms with E-state index in [-0.39, 0.29) is 0 Å². The summed E-state index contributed by atoms with van der Waals surface area (Å²) in [5.74, 6) is 0. The fraction of sp³-hybridized carbons (Fsp3) is 0.909. The molecule has 2 heteroatoms. The zero-order valence-corrected chi connectivity index (χ0v) is 17.9. The van der Waals surface area contributed by atoms with Gasteiger partial charge in [0.2, 0.25) is 0 Å². The summed E-state index contributed by atoms with van der Waals surface area (Å²) in [6.07, 6.45) is 26.3. The highest BCUT2D eigenvalue weighted by Crippen LogP contribution is 2.45. The highest BCUT2D eigenvalue weighted by molar-refractivity contribution is 7.63. The van der Waals surface area contributed by atoms with Crippen molar-refractivity contribution in [2.24, 2.45) is 0 Å². The SMILES string of the molecule is CCCCCCCCC=CCCCCCCCCP(=O)(CC)CC. The second-order valence-electron chi connectivity index (χ2n) is 7.35. The molecule has 0 bridgehead atoms. The largest absolute Gasteiger partial charge is 0.324 e. The Morgan fingerprint density at radius 3 is 1.46 bits per heavy atom. The molecule has 0 aliphatic heterocycles. The topological polar surface area (TPSA) is 17.1 Å². The van der Waals surface area contributed by atoms with Crippen LogP contribution in [0.15, 0.2) is 12.2 Å². The second kappa shape index (κ2) is 17.8. The Balaban J connectivity index is 3.25. The summed E-state index contributed by atoms with van der Waals surface area (Å²) in [5, 5.41) is 0. The third-order valence-corrected chi connectivity index (χ3v) is 8.67. The normalized spacial score (nSPS) is 12.3. The van der Waals surface area contributed by atoms with Gasteiger partial charge in [-0.25, -0.2) is 0 Å². The van der Waals surface area contributed by atoms with Crippen molar-refractivity contribution in [1.82, 2.24) is 0 Å². The van der Waals surface area contributed by atoms with Gasteiger partial charge in [0.25, 0.3) is 0 Å². The van der Waals surface area contributed by atoms with Crippen LogP contribution in [-0.2, 0) is 4.57 Å². The Morgan fingerprint density at radius 2 is 1.00 bits per heavy atom. The molecule has 0 heterocycles. The number of hydrogen-bond acceptors (Lipinski definition) is 1. The highest BCUT2D eigenvalue weighted by atomic mass is 31.2. The van der Waals surface area contributed by atoms with E-state index in [1.807, 2.05) is 0 Å². The fourth-order valence-corrected chi connectivity index (χ4v) is 5.07. The van der Waals surface area contributed by atoms with Crippen molar-refractivity contribution in [3.63, 3.8) is 0 Å². The molecular weight excluding hydrogens is 311 g/mol. The first-order chi connectivity index (χ1) is 11.7. The lowest BCUT2D eigenvalue weighted by Crippen LogP contribution is -1.95. The van der Waals surface area contributed by atoms with E-state index in [4.69, 9.17) is 0 Å². The summed E-state index contributed by atoms with van der Waals surface area (Å²) in [5.41, 5.74) is 0. The summed E-state index contributed by atoms with van der Waals surface area (Å²) < 4.78 is 12.3. The molecule has 24 heavy (non-hydrogen) atoms. The van der Waals surface area contributed by atoms with Crippen molar-refractivity contribution < 1.29 is 4.57 Å². The Labute approximate surface area is 153 Å². The summed E-state index contributed by atoms with van der Waals surface area (Å²) >= 11 is 0. The number of unbranched alkanes of at least 4 members (excludes halogenated alkanes) is 12. The first-order valence-electron chi connectivity index (χ1n) is 10.9. The smallest absolute Gasteiger partial charge is 0.0872 e. The lowest BCUT2D eigenvalue weighted by molar-refractivity contribution is 0.568. The van der Waals surface area contributed by atoms with E-state index in [1.165, 1.54) is 89.9 Å². The molecule has 0 saturated heterocycles. The standard InChI is InChI=1S/C22H45OP/c1-4-7-8-9-10-11-12-13-14-15-16-17-18-19-20-21-22-24(23,5-2)6-3/h13-14H,4-12,15-22H2,1-3H3. The molecule has 0 amide bonds. The zero-order valence-electron chi connectivity index (χ0n) is 17.0. The van der Waals surface area contributed by atoms with Crippen LogP contribution < -0.4 is 0 Å². The van der Waals surface area contributed by atoms with Gasteiger partial charge in [-0.15, -0.1) is 0 Å². The van der Waals surface area contributed by atoms with Crippen molar-refractivity contribution in [3.05, 3.63) is 12.2 Å². The van der Waals surface area contributed by atoms with E-state index < -0.39 is 7.14 Å². The molecule has 0 radical (unpaired) electrons. The molecule has 0 aliphatic carbocycles. The van der Waals surface area contributed by atoms with Gasteiger partial charge in [-0.2, -0.15) is 0 Å². The average molecular weight is 357 g/mol. The molecule has 0 aromatic heterocycles. The first-order valence-corrected chi connectivity index (χ1v) is 13.2. The van der Waals surface area contributed by atoms with Gasteiger partial charge in [0.1, 0.15) is 0 Å². The third kappa shape index (κ3) is 15.5. The van der Waals surface area contributed by atoms with Gasteiger partial charge in [0.15, 0.2) is 0 Å². The average Bonchev–Trinajstić information content (AvgIpc) is 2.61. The predicted molar refractivity (Wildman–Crippen MR) is 113 cm³/mol. The van der Waals surface area contributed by atoms with E-state index in [0.29, 0.717) is 0 Å². The van der Waals surface area contributed by atoms with Gasteiger partial charge in [-0.1, -0.05) is 90.7 Å². The minimum atomic E-state index is -1.78. The molecule has 1 nitrogen and oxygen atoms in total.